The fourth-order valence-corrected chi connectivity index (χ4v) is 4.84. The molecule has 33 heavy (non-hydrogen) atoms. The van der Waals surface area contributed by atoms with Crippen molar-refractivity contribution in [2.24, 2.45) is 5.92 Å². The lowest BCUT2D eigenvalue weighted by atomic mass is 9.90. The first-order valence-electron chi connectivity index (χ1n) is 11.7. The first kappa shape index (κ1) is 21.4. The molecule has 2 aromatic carbocycles. The number of carbonyl (C=O) groups is 2. The van der Waals surface area contributed by atoms with Crippen molar-refractivity contribution in [3.05, 3.63) is 65.0 Å². The van der Waals surface area contributed by atoms with Gasteiger partial charge in [-0.15, -0.1) is 0 Å². The van der Waals surface area contributed by atoms with Crippen LogP contribution in [-0.2, 0) is 17.6 Å². The molecular formula is C26H28N4O3. The van der Waals surface area contributed by atoms with Crippen LogP contribution in [0, 0.1) is 12.8 Å². The van der Waals surface area contributed by atoms with Gasteiger partial charge in [-0.2, -0.15) is 4.98 Å². The number of rotatable bonds is 4. The van der Waals surface area contributed by atoms with Crippen molar-refractivity contribution >= 4 is 17.5 Å². The van der Waals surface area contributed by atoms with Gasteiger partial charge in [0, 0.05) is 42.7 Å². The molecule has 2 aliphatic rings. The van der Waals surface area contributed by atoms with Crippen LogP contribution in [0.4, 0.5) is 5.69 Å². The molecule has 1 saturated heterocycles. The fourth-order valence-electron chi connectivity index (χ4n) is 4.84. The van der Waals surface area contributed by atoms with Crippen LogP contribution in [0.3, 0.4) is 0 Å². The number of anilines is 1. The monoisotopic (exact) mass is 444 g/mol. The minimum atomic E-state index is -0.0719. The molecule has 0 unspecified atom stereocenters. The van der Waals surface area contributed by atoms with Gasteiger partial charge >= 0.3 is 0 Å². The molecule has 7 heteroatoms. The van der Waals surface area contributed by atoms with E-state index in [4.69, 9.17) is 4.52 Å². The maximum Gasteiger partial charge on any atom is 0.253 e. The van der Waals surface area contributed by atoms with Crippen LogP contribution in [0.1, 0.15) is 53.1 Å². The number of aryl methyl sites for hydroxylation is 2. The summed E-state index contributed by atoms with van der Waals surface area (Å²) in [5.41, 5.74) is 5.05. The molecule has 2 heterocycles. The lowest BCUT2D eigenvalue weighted by Gasteiger charge is -2.31. The molecule has 2 amide bonds. The summed E-state index contributed by atoms with van der Waals surface area (Å²) in [5.74, 6) is 1.00. The van der Waals surface area contributed by atoms with Crippen molar-refractivity contribution in [3.8, 4) is 11.4 Å². The number of likely N-dealkylation sites (tertiary alicyclic amines) is 1. The van der Waals surface area contributed by atoms with Gasteiger partial charge in [-0.25, -0.2) is 0 Å². The molecule has 3 aromatic rings. The zero-order chi connectivity index (χ0) is 22.8. The Bertz CT molecular complexity index is 1160. The average molecular weight is 445 g/mol. The predicted molar refractivity (Wildman–Crippen MR) is 125 cm³/mol. The highest BCUT2D eigenvalue weighted by atomic mass is 16.5. The molecule has 0 saturated carbocycles. The fraction of sp³-hybridized carbons (Fsp3) is 0.385. The van der Waals surface area contributed by atoms with E-state index in [-0.39, 0.29) is 17.7 Å². The minimum absolute atomic E-state index is 0.0122. The first-order valence-corrected chi connectivity index (χ1v) is 11.7. The van der Waals surface area contributed by atoms with E-state index in [1.807, 2.05) is 29.2 Å². The quantitative estimate of drug-likeness (QED) is 0.644. The summed E-state index contributed by atoms with van der Waals surface area (Å²) < 4.78 is 5.02. The van der Waals surface area contributed by atoms with Crippen molar-refractivity contribution in [2.45, 2.75) is 45.4 Å². The topological polar surface area (TPSA) is 88.3 Å². The average Bonchev–Trinajstić information content (AvgIpc) is 3.30. The first-order chi connectivity index (χ1) is 16.1. The second-order valence-corrected chi connectivity index (χ2v) is 8.92. The van der Waals surface area contributed by atoms with Crippen molar-refractivity contribution < 1.29 is 14.1 Å². The Morgan fingerprint density at radius 1 is 1.03 bits per heavy atom. The number of fused-ring (bicyclic) bond motifs is 1. The number of hydrogen-bond acceptors (Lipinski definition) is 5. The van der Waals surface area contributed by atoms with Crippen LogP contribution in [0.25, 0.3) is 11.4 Å². The number of piperidine rings is 1. The van der Waals surface area contributed by atoms with Crippen LogP contribution in [-0.4, -0.2) is 39.9 Å². The van der Waals surface area contributed by atoms with Crippen LogP contribution in [0.2, 0.25) is 0 Å². The lowest BCUT2D eigenvalue weighted by Crippen LogP contribution is -2.41. The molecule has 0 atom stereocenters. The molecule has 0 bridgehead atoms. The smallest absolute Gasteiger partial charge is 0.253 e. The molecule has 7 nitrogen and oxygen atoms in total. The van der Waals surface area contributed by atoms with Gasteiger partial charge in [-0.05, 0) is 67.9 Å². The molecule has 170 valence electrons. The number of amides is 2. The minimum Gasteiger partial charge on any atom is -0.339 e. The van der Waals surface area contributed by atoms with Gasteiger partial charge in [0.1, 0.15) is 0 Å². The van der Waals surface area contributed by atoms with E-state index in [1.54, 1.807) is 19.1 Å². The van der Waals surface area contributed by atoms with Gasteiger partial charge in [0.25, 0.3) is 5.91 Å². The van der Waals surface area contributed by atoms with Gasteiger partial charge in [0.05, 0.1) is 0 Å². The maximum absolute atomic E-state index is 13.0. The third-order valence-corrected chi connectivity index (χ3v) is 6.72. The van der Waals surface area contributed by atoms with Crippen molar-refractivity contribution in [3.63, 3.8) is 0 Å². The van der Waals surface area contributed by atoms with E-state index in [1.165, 1.54) is 24.0 Å². The summed E-state index contributed by atoms with van der Waals surface area (Å²) in [7, 11) is 0. The Morgan fingerprint density at radius 2 is 1.79 bits per heavy atom. The van der Waals surface area contributed by atoms with E-state index >= 15 is 0 Å². The summed E-state index contributed by atoms with van der Waals surface area (Å²) in [6.07, 6.45) is 5.87. The second kappa shape index (κ2) is 9.17. The Labute approximate surface area is 193 Å². The van der Waals surface area contributed by atoms with E-state index in [2.05, 4.69) is 21.5 Å². The molecule has 0 spiro atoms. The van der Waals surface area contributed by atoms with E-state index < -0.39 is 0 Å². The number of nitrogens with zero attached hydrogens (tertiary/aromatic N) is 3. The third-order valence-electron chi connectivity index (χ3n) is 6.72. The number of carbonyl (C=O) groups excluding carboxylic acids is 2. The van der Waals surface area contributed by atoms with E-state index in [0.29, 0.717) is 43.2 Å². The highest BCUT2D eigenvalue weighted by Crippen LogP contribution is 2.29. The van der Waals surface area contributed by atoms with Gasteiger partial charge < -0.3 is 14.7 Å². The molecule has 1 N–H and O–H groups in total. The molecule has 5 rings (SSSR count). The number of benzene rings is 2. The van der Waals surface area contributed by atoms with Gasteiger partial charge in [0.2, 0.25) is 17.6 Å². The van der Waals surface area contributed by atoms with Gasteiger partial charge in [0.15, 0.2) is 0 Å². The lowest BCUT2D eigenvalue weighted by molar-refractivity contribution is -0.121. The molecule has 1 aliphatic heterocycles. The molecular weight excluding hydrogens is 416 g/mol. The largest absolute Gasteiger partial charge is 0.339 e. The highest BCUT2D eigenvalue weighted by Gasteiger charge is 2.28. The maximum atomic E-state index is 13.0. The standard InChI is InChI=1S/C26H28N4O3/c1-17-27-24(29-33-17)19-9-11-21(12-10-19)26(32)30-15-13-20(14-16-30)25(31)28-23-8-4-6-18-5-2-3-7-22(18)23/h4,6,8-12,20H,2-3,5,7,13-16H2,1H3,(H,28,31). The van der Waals surface area contributed by atoms with Crippen molar-refractivity contribution in [1.82, 2.24) is 15.0 Å². The number of nitrogens with one attached hydrogen (secondary N) is 1. The summed E-state index contributed by atoms with van der Waals surface area (Å²) >= 11 is 0. The zero-order valence-corrected chi connectivity index (χ0v) is 18.8. The number of hydrogen-bond donors (Lipinski definition) is 1. The van der Waals surface area contributed by atoms with Crippen LogP contribution < -0.4 is 5.32 Å². The van der Waals surface area contributed by atoms with E-state index in [0.717, 1.165) is 24.1 Å². The normalized spacial score (nSPS) is 16.3. The van der Waals surface area contributed by atoms with E-state index in [9.17, 15) is 9.59 Å². The Balaban J connectivity index is 1.18. The van der Waals surface area contributed by atoms with Crippen LogP contribution in [0.5, 0.6) is 0 Å². The molecule has 1 aliphatic carbocycles. The van der Waals surface area contributed by atoms with Crippen LogP contribution >= 0.6 is 0 Å². The highest BCUT2D eigenvalue weighted by molar-refractivity contribution is 5.96. The Morgan fingerprint density at radius 3 is 2.52 bits per heavy atom. The SMILES string of the molecule is Cc1nc(-c2ccc(C(=O)N3CCC(C(=O)Nc4cccc5c4CCCC5)CC3)cc2)no1. The van der Waals surface area contributed by atoms with Crippen molar-refractivity contribution in [1.29, 1.82) is 0 Å². The summed E-state index contributed by atoms with van der Waals surface area (Å²) in [6, 6.07) is 13.5. The summed E-state index contributed by atoms with van der Waals surface area (Å²) in [5, 5.41) is 7.09. The Kier molecular flexibility index (Phi) is 5.94. The zero-order valence-electron chi connectivity index (χ0n) is 18.8. The summed E-state index contributed by atoms with van der Waals surface area (Å²) in [6.45, 7) is 2.90. The van der Waals surface area contributed by atoms with Gasteiger partial charge in [-0.3, -0.25) is 9.59 Å². The van der Waals surface area contributed by atoms with Crippen molar-refractivity contribution in [2.75, 3.05) is 18.4 Å². The van der Waals surface area contributed by atoms with Crippen LogP contribution in [0.15, 0.2) is 47.0 Å². The Hall–Kier alpha value is -3.48. The third kappa shape index (κ3) is 4.53. The van der Waals surface area contributed by atoms with Gasteiger partial charge in [-0.1, -0.05) is 29.4 Å². The molecule has 1 fully saturated rings. The predicted octanol–water partition coefficient (Wildman–Crippen LogP) is 4.41. The molecule has 0 radical (unpaired) electrons. The molecule has 1 aromatic heterocycles. The second-order valence-electron chi connectivity index (χ2n) is 8.92. The summed E-state index contributed by atoms with van der Waals surface area (Å²) in [4.78, 5) is 31.9. The number of aromatic nitrogens is 2.